The molecule has 0 saturated carbocycles. The third kappa shape index (κ3) is 6.51. The van der Waals surface area contributed by atoms with Crippen LogP contribution in [0.1, 0.15) is 31.4 Å². The molecule has 1 fully saturated rings. The van der Waals surface area contributed by atoms with Crippen LogP contribution in [-0.2, 0) is 4.79 Å². The number of nitrogens with zero attached hydrogens (tertiary/aromatic N) is 3. The Morgan fingerprint density at radius 2 is 2.11 bits per heavy atom. The Balaban J connectivity index is 0.00000392. The summed E-state index contributed by atoms with van der Waals surface area (Å²) in [5.41, 5.74) is 1.13. The highest BCUT2D eigenvalue weighted by molar-refractivity contribution is 14.0. The smallest absolute Gasteiger partial charge is 0.222 e. The van der Waals surface area contributed by atoms with Crippen LogP contribution in [0.15, 0.2) is 29.3 Å². The predicted molar refractivity (Wildman–Crippen MR) is 125 cm³/mol. The molecule has 1 aliphatic heterocycles. The number of amides is 1. The predicted octanol–water partition coefficient (Wildman–Crippen LogP) is 2.09. The first-order valence-electron chi connectivity index (χ1n) is 9.54. The minimum atomic E-state index is 0. The summed E-state index contributed by atoms with van der Waals surface area (Å²) in [4.78, 5) is 20.3. The van der Waals surface area contributed by atoms with E-state index in [9.17, 15) is 4.79 Å². The Kier molecular flexibility index (Phi) is 10.6. The van der Waals surface area contributed by atoms with Crippen LogP contribution in [0.4, 0.5) is 0 Å². The van der Waals surface area contributed by atoms with E-state index in [1.165, 1.54) is 0 Å². The number of rotatable bonds is 7. The summed E-state index contributed by atoms with van der Waals surface area (Å²) in [5.74, 6) is 1.85. The number of nitrogens with one attached hydrogen (secondary N) is 2. The lowest BCUT2D eigenvalue weighted by atomic mass is 10.0. The van der Waals surface area contributed by atoms with Crippen molar-refractivity contribution in [1.29, 1.82) is 0 Å². The SMILES string of the molecule is CCC(=O)N1CCC(NC(=NC)NCC(c2ccccc2OC)N(C)C)C1.I. The Morgan fingerprint density at radius 1 is 1.39 bits per heavy atom. The maximum absolute atomic E-state index is 11.9. The van der Waals surface area contributed by atoms with Gasteiger partial charge in [-0.3, -0.25) is 9.79 Å². The summed E-state index contributed by atoms with van der Waals surface area (Å²) in [7, 11) is 7.58. The van der Waals surface area contributed by atoms with Gasteiger partial charge in [0.15, 0.2) is 5.96 Å². The van der Waals surface area contributed by atoms with E-state index < -0.39 is 0 Å². The fourth-order valence-electron chi connectivity index (χ4n) is 3.42. The first-order valence-corrected chi connectivity index (χ1v) is 9.54. The third-order valence-electron chi connectivity index (χ3n) is 4.99. The van der Waals surface area contributed by atoms with Crippen LogP contribution in [0.2, 0.25) is 0 Å². The number of carbonyl (C=O) groups excluding carboxylic acids is 1. The number of hydrogen-bond acceptors (Lipinski definition) is 4. The van der Waals surface area contributed by atoms with E-state index >= 15 is 0 Å². The molecule has 2 rings (SSSR count). The molecule has 2 unspecified atom stereocenters. The Hall–Kier alpha value is -1.55. The molecule has 1 aliphatic rings. The Morgan fingerprint density at radius 3 is 2.71 bits per heavy atom. The van der Waals surface area contributed by atoms with Crippen LogP contribution in [0.3, 0.4) is 0 Å². The van der Waals surface area contributed by atoms with Crippen molar-refractivity contribution in [2.75, 3.05) is 47.9 Å². The van der Waals surface area contributed by atoms with Gasteiger partial charge in [0, 0.05) is 44.7 Å². The molecule has 0 radical (unpaired) electrons. The molecule has 158 valence electrons. The number of methoxy groups -OCH3 is 1. The van der Waals surface area contributed by atoms with Crippen molar-refractivity contribution in [1.82, 2.24) is 20.4 Å². The molecule has 2 atom stereocenters. The largest absolute Gasteiger partial charge is 0.496 e. The summed E-state index contributed by atoms with van der Waals surface area (Å²) in [6.45, 7) is 4.14. The van der Waals surface area contributed by atoms with E-state index in [1.54, 1.807) is 14.2 Å². The molecule has 1 aromatic carbocycles. The van der Waals surface area contributed by atoms with Crippen LogP contribution in [0, 0.1) is 0 Å². The highest BCUT2D eigenvalue weighted by atomic mass is 127. The number of benzene rings is 1. The van der Waals surface area contributed by atoms with E-state index in [0.29, 0.717) is 13.0 Å². The van der Waals surface area contributed by atoms with Gasteiger partial charge < -0.3 is 25.2 Å². The van der Waals surface area contributed by atoms with Crippen molar-refractivity contribution < 1.29 is 9.53 Å². The van der Waals surface area contributed by atoms with Gasteiger partial charge in [-0.25, -0.2) is 0 Å². The molecule has 7 nitrogen and oxygen atoms in total. The molecular formula is C20H34IN5O2. The maximum Gasteiger partial charge on any atom is 0.222 e. The Bertz CT molecular complexity index is 653. The lowest BCUT2D eigenvalue weighted by Gasteiger charge is -2.28. The zero-order valence-electron chi connectivity index (χ0n) is 17.6. The zero-order valence-corrected chi connectivity index (χ0v) is 19.9. The third-order valence-corrected chi connectivity index (χ3v) is 4.99. The summed E-state index contributed by atoms with van der Waals surface area (Å²) in [5, 5.41) is 6.87. The van der Waals surface area contributed by atoms with Gasteiger partial charge in [-0.1, -0.05) is 25.1 Å². The van der Waals surface area contributed by atoms with Crippen LogP contribution >= 0.6 is 24.0 Å². The van der Waals surface area contributed by atoms with E-state index in [4.69, 9.17) is 4.74 Å². The van der Waals surface area contributed by atoms with Crippen molar-refractivity contribution in [3.63, 3.8) is 0 Å². The number of carbonyl (C=O) groups is 1. The van der Waals surface area contributed by atoms with Gasteiger partial charge in [0.1, 0.15) is 5.75 Å². The van der Waals surface area contributed by atoms with Crippen molar-refractivity contribution in [3.8, 4) is 5.75 Å². The number of likely N-dealkylation sites (tertiary alicyclic amines) is 1. The molecule has 1 aromatic rings. The fraction of sp³-hybridized carbons (Fsp3) is 0.600. The van der Waals surface area contributed by atoms with Crippen LogP contribution in [-0.4, -0.2) is 75.6 Å². The van der Waals surface area contributed by atoms with Gasteiger partial charge in [0.05, 0.1) is 13.2 Å². The lowest BCUT2D eigenvalue weighted by molar-refractivity contribution is -0.129. The van der Waals surface area contributed by atoms with Crippen LogP contribution in [0.25, 0.3) is 0 Å². The van der Waals surface area contributed by atoms with Crippen molar-refractivity contribution in [2.24, 2.45) is 4.99 Å². The number of guanidine groups is 1. The standard InChI is InChI=1S/C20H33N5O2.HI/c1-6-19(26)25-12-11-15(14-25)23-20(21-2)22-13-17(24(3)4)16-9-7-8-10-18(16)27-5;/h7-10,15,17H,6,11-14H2,1-5H3,(H2,21,22,23);1H. The molecular weight excluding hydrogens is 469 g/mol. The second-order valence-corrected chi connectivity index (χ2v) is 7.00. The van der Waals surface area contributed by atoms with Crippen molar-refractivity contribution in [3.05, 3.63) is 29.8 Å². The summed E-state index contributed by atoms with van der Waals surface area (Å²) >= 11 is 0. The highest BCUT2D eigenvalue weighted by Crippen LogP contribution is 2.27. The van der Waals surface area contributed by atoms with Gasteiger partial charge in [-0.05, 0) is 26.6 Å². The monoisotopic (exact) mass is 503 g/mol. The van der Waals surface area contributed by atoms with E-state index in [1.807, 2.05) is 30.0 Å². The maximum atomic E-state index is 11.9. The molecule has 0 bridgehead atoms. The highest BCUT2D eigenvalue weighted by Gasteiger charge is 2.26. The second-order valence-electron chi connectivity index (χ2n) is 7.00. The topological polar surface area (TPSA) is 69.2 Å². The summed E-state index contributed by atoms with van der Waals surface area (Å²) in [6, 6.07) is 8.45. The van der Waals surface area contributed by atoms with Crippen molar-refractivity contribution >= 4 is 35.8 Å². The molecule has 8 heteroatoms. The number of likely N-dealkylation sites (N-methyl/N-ethyl adjacent to an activating group) is 1. The lowest BCUT2D eigenvalue weighted by Crippen LogP contribution is -2.47. The van der Waals surface area contributed by atoms with Gasteiger partial charge in [0.25, 0.3) is 0 Å². The normalized spacial score (nSPS) is 17.9. The molecule has 0 aromatic heterocycles. The number of hydrogen-bond donors (Lipinski definition) is 2. The average Bonchev–Trinajstić information content (AvgIpc) is 3.15. The van der Waals surface area contributed by atoms with Gasteiger partial charge >= 0.3 is 0 Å². The van der Waals surface area contributed by atoms with Crippen LogP contribution in [0.5, 0.6) is 5.75 Å². The van der Waals surface area contributed by atoms with E-state index in [0.717, 1.165) is 36.8 Å². The fourth-order valence-corrected chi connectivity index (χ4v) is 3.42. The minimum absolute atomic E-state index is 0. The quantitative estimate of drug-likeness (QED) is 0.339. The molecule has 1 amide bonds. The van der Waals surface area contributed by atoms with Gasteiger partial charge in [-0.15, -0.1) is 24.0 Å². The van der Waals surface area contributed by atoms with Crippen molar-refractivity contribution in [2.45, 2.75) is 31.8 Å². The Labute approximate surface area is 185 Å². The molecule has 0 aliphatic carbocycles. The molecule has 1 heterocycles. The molecule has 2 N–H and O–H groups in total. The average molecular weight is 503 g/mol. The number of para-hydroxylation sites is 1. The van der Waals surface area contributed by atoms with E-state index in [2.05, 4.69) is 40.7 Å². The minimum Gasteiger partial charge on any atom is -0.496 e. The number of aliphatic imine (C=N–C) groups is 1. The van der Waals surface area contributed by atoms with Gasteiger partial charge in [-0.2, -0.15) is 0 Å². The number of ether oxygens (including phenoxy) is 1. The second kappa shape index (κ2) is 12.1. The van der Waals surface area contributed by atoms with E-state index in [-0.39, 0.29) is 42.0 Å². The molecule has 1 saturated heterocycles. The summed E-state index contributed by atoms with van der Waals surface area (Å²) < 4.78 is 5.52. The first-order chi connectivity index (χ1) is 13.0. The zero-order chi connectivity index (χ0) is 19.8. The first kappa shape index (κ1) is 24.5. The van der Waals surface area contributed by atoms with Crippen LogP contribution < -0.4 is 15.4 Å². The number of halogens is 1. The van der Waals surface area contributed by atoms with Gasteiger partial charge in [0.2, 0.25) is 5.91 Å². The molecule has 28 heavy (non-hydrogen) atoms. The molecule has 0 spiro atoms. The summed E-state index contributed by atoms with van der Waals surface area (Å²) in [6.07, 6.45) is 1.50.